The molecule has 1 heterocycles. The number of rotatable bonds is 2. The van der Waals surface area contributed by atoms with Crippen LogP contribution in [0.1, 0.15) is 16.7 Å². The lowest BCUT2D eigenvalue weighted by atomic mass is 9.91. The van der Waals surface area contributed by atoms with Crippen molar-refractivity contribution in [3.63, 3.8) is 0 Å². The topological polar surface area (TPSA) is 54.7 Å². The molecule has 0 saturated carbocycles. The van der Waals surface area contributed by atoms with Gasteiger partial charge in [0.05, 0.1) is 5.69 Å². The van der Waals surface area contributed by atoms with E-state index in [0.29, 0.717) is 0 Å². The second-order valence-electron chi connectivity index (χ2n) is 5.48. The maximum absolute atomic E-state index is 6.21. The van der Waals surface area contributed by atoms with Crippen LogP contribution in [-0.2, 0) is 0 Å². The number of anilines is 1. The minimum atomic E-state index is 0.877. The van der Waals surface area contributed by atoms with E-state index in [1.54, 1.807) is 6.20 Å². The summed E-state index contributed by atoms with van der Waals surface area (Å²) in [5.41, 5.74) is 15.2. The Bertz CT molecular complexity index is 786. The van der Waals surface area contributed by atoms with Gasteiger partial charge in [-0.05, 0) is 60.7 Å². The maximum atomic E-state index is 6.21. The smallest absolute Gasteiger partial charge is 0.0650 e. The summed E-state index contributed by atoms with van der Waals surface area (Å²) in [7, 11) is 0. The molecule has 0 saturated heterocycles. The third-order valence-electron chi connectivity index (χ3n) is 3.99. The van der Waals surface area contributed by atoms with Crippen molar-refractivity contribution >= 4 is 5.69 Å². The van der Waals surface area contributed by atoms with Gasteiger partial charge >= 0.3 is 0 Å². The Labute approximate surface area is 124 Å². The van der Waals surface area contributed by atoms with Gasteiger partial charge in [0, 0.05) is 17.4 Å². The van der Waals surface area contributed by atoms with Crippen LogP contribution >= 0.6 is 0 Å². The lowest BCUT2D eigenvalue weighted by Gasteiger charge is -2.15. The van der Waals surface area contributed by atoms with E-state index in [1.165, 1.54) is 16.7 Å². The van der Waals surface area contributed by atoms with E-state index in [1.807, 2.05) is 6.07 Å². The number of hydrogen-bond donors (Lipinski definition) is 2. The molecule has 0 fully saturated rings. The Morgan fingerprint density at radius 1 is 0.952 bits per heavy atom. The molecule has 1 aromatic heterocycles. The number of nitrogens with zero attached hydrogens (tertiary/aromatic N) is 1. The molecule has 0 unspecified atom stereocenters. The first kappa shape index (κ1) is 13.4. The van der Waals surface area contributed by atoms with Gasteiger partial charge in [-0.2, -0.15) is 5.10 Å². The molecule has 21 heavy (non-hydrogen) atoms. The fraction of sp³-hybridized carbons (Fsp3) is 0.167. The molecule has 3 rings (SSSR count). The predicted molar refractivity (Wildman–Crippen MR) is 88.1 cm³/mol. The highest BCUT2D eigenvalue weighted by molar-refractivity contribution is 5.80. The van der Waals surface area contributed by atoms with Gasteiger partial charge in [-0.25, -0.2) is 0 Å². The Morgan fingerprint density at radius 3 is 2.43 bits per heavy atom. The summed E-state index contributed by atoms with van der Waals surface area (Å²) in [6, 6.07) is 12.6. The summed E-state index contributed by atoms with van der Waals surface area (Å²) < 4.78 is 0. The van der Waals surface area contributed by atoms with E-state index in [0.717, 1.165) is 28.1 Å². The Kier molecular flexibility index (Phi) is 3.26. The molecule has 0 spiro atoms. The lowest BCUT2D eigenvalue weighted by molar-refractivity contribution is 1.10. The van der Waals surface area contributed by atoms with Gasteiger partial charge in [0.1, 0.15) is 0 Å². The second kappa shape index (κ2) is 5.09. The first-order valence-electron chi connectivity index (χ1n) is 7.04. The van der Waals surface area contributed by atoms with Gasteiger partial charge in [-0.15, -0.1) is 0 Å². The van der Waals surface area contributed by atoms with E-state index >= 15 is 0 Å². The van der Waals surface area contributed by atoms with E-state index in [2.05, 4.69) is 61.3 Å². The summed E-state index contributed by atoms with van der Waals surface area (Å²) >= 11 is 0. The Hall–Kier alpha value is -2.55. The van der Waals surface area contributed by atoms with Crippen LogP contribution in [0.2, 0.25) is 0 Å². The third kappa shape index (κ3) is 2.31. The molecule has 0 aliphatic rings. The van der Waals surface area contributed by atoms with E-state index in [4.69, 9.17) is 5.73 Å². The summed E-state index contributed by atoms with van der Waals surface area (Å²) in [5, 5.41) is 7.02. The van der Waals surface area contributed by atoms with Crippen molar-refractivity contribution in [2.24, 2.45) is 0 Å². The van der Waals surface area contributed by atoms with Crippen molar-refractivity contribution < 1.29 is 0 Å². The highest BCUT2D eigenvalue weighted by Gasteiger charge is 2.11. The standard InChI is InChI=1S/C18H19N3/c1-11-9-12(2)18(19)13(3)17(11)15-6-4-5-14(10-15)16-7-8-20-21-16/h4-10H,19H2,1-3H3,(H,20,21). The van der Waals surface area contributed by atoms with Crippen LogP contribution in [0.4, 0.5) is 5.69 Å². The molecule has 3 aromatic rings. The Morgan fingerprint density at radius 2 is 1.71 bits per heavy atom. The summed E-state index contributed by atoms with van der Waals surface area (Å²) in [5.74, 6) is 0. The normalized spacial score (nSPS) is 10.8. The molecule has 0 amide bonds. The van der Waals surface area contributed by atoms with E-state index < -0.39 is 0 Å². The molecule has 2 aromatic carbocycles. The van der Waals surface area contributed by atoms with Crippen molar-refractivity contribution in [3.8, 4) is 22.4 Å². The number of benzene rings is 2. The molecule has 3 N–H and O–H groups in total. The van der Waals surface area contributed by atoms with Crippen molar-refractivity contribution in [2.45, 2.75) is 20.8 Å². The van der Waals surface area contributed by atoms with Crippen molar-refractivity contribution in [1.82, 2.24) is 10.2 Å². The number of aryl methyl sites for hydroxylation is 2. The number of nitrogens with two attached hydrogens (primary N) is 1. The van der Waals surface area contributed by atoms with Crippen LogP contribution in [0.5, 0.6) is 0 Å². The highest BCUT2D eigenvalue weighted by Crippen LogP contribution is 2.34. The number of H-pyrrole nitrogens is 1. The monoisotopic (exact) mass is 277 g/mol. The van der Waals surface area contributed by atoms with Crippen LogP contribution in [0.15, 0.2) is 42.6 Å². The largest absolute Gasteiger partial charge is 0.398 e. The molecular formula is C18H19N3. The zero-order valence-corrected chi connectivity index (χ0v) is 12.6. The Balaban J connectivity index is 2.18. The van der Waals surface area contributed by atoms with Gasteiger partial charge in [-0.3, -0.25) is 5.10 Å². The van der Waals surface area contributed by atoms with Gasteiger partial charge in [0.15, 0.2) is 0 Å². The molecule has 0 atom stereocenters. The van der Waals surface area contributed by atoms with Crippen LogP contribution in [0.3, 0.4) is 0 Å². The fourth-order valence-corrected chi connectivity index (χ4v) is 2.90. The quantitative estimate of drug-likeness (QED) is 0.688. The van der Waals surface area contributed by atoms with Crippen molar-refractivity contribution in [3.05, 3.63) is 59.3 Å². The van der Waals surface area contributed by atoms with Crippen LogP contribution < -0.4 is 5.73 Å². The maximum Gasteiger partial charge on any atom is 0.0650 e. The molecule has 0 aliphatic carbocycles. The summed E-state index contributed by atoms with van der Waals surface area (Å²) in [4.78, 5) is 0. The molecule has 0 radical (unpaired) electrons. The minimum absolute atomic E-state index is 0.877. The van der Waals surface area contributed by atoms with Gasteiger partial charge in [-0.1, -0.05) is 24.3 Å². The second-order valence-corrected chi connectivity index (χ2v) is 5.48. The van der Waals surface area contributed by atoms with Crippen molar-refractivity contribution in [2.75, 3.05) is 5.73 Å². The average Bonchev–Trinajstić information content (AvgIpc) is 2.99. The summed E-state index contributed by atoms with van der Waals surface area (Å²) in [6.45, 7) is 6.28. The number of aromatic nitrogens is 2. The van der Waals surface area contributed by atoms with Gasteiger partial charge in [0.2, 0.25) is 0 Å². The van der Waals surface area contributed by atoms with Gasteiger partial charge < -0.3 is 5.73 Å². The zero-order valence-electron chi connectivity index (χ0n) is 12.6. The number of hydrogen-bond acceptors (Lipinski definition) is 2. The van der Waals surface area contributed by atoms with E-state index in [9.17, 15) is 0 Å². The molecule has 3 nitrogen and oxygen atoms in total. The molecular weight excluding hydrogens is 258 g/mol. The third-order valence-corrected chi connectivity index (χ3v) is 3.99. The number of aromatic amines is 1. The molecule has 0 aliphatic heterocycles. The lowest BCUT2D eigenvalue weighted by Crippen LogP contribution is -1.98. The SMILES string of the molecule is Cc1cc(C)c(-c2cccc(-c3ccn[nH]3)c2)c(C)c1N. The fourth-order valence-electron chi connectivity index (χ4n) is 2.90. The first-order valence-corrected chi connectivity index (χ1v) is 7.04. The van der Waals surface area contributed by atoms with Gasteiger partial charge in [0.25, 0.3) is 0 Å². The predicted octanol–water partition coefficient (Wildman–Crippen LogP) is 4.25. The summed E-state index contributed by atoms with van der Waals surface area (Å²) in [6.07, 6.45) is 1.77. The zero-order chi connectivity index (χ0) is 15.0. The number of nitrogen functional groups attached to an aromatic ring is 1. The van der Waals surface area contributed by atoms with E-state index in [-0.39, 0.29) is 0 Å². The first-order chi connectivity index (χ1) is 10.1. The molecule has 3 heteroatoms. The minimum Gasteiger partial charge on any atom is -0.398 e. The van der Waals surface area contributed by atoms with Crippen LogP contribution in [0, 0.1) is 20.8 Å². The van der Waals surface area contributed by atoms with Crippen LogP contribution in [-0.4, -0.2) is 10.2 Å². The average molecular weight is 277 g/mol. The highest BCUT2D eigenvalue weighted by atomic mass is 15.1. The number of nitrogens with one attached hydrogen (secondary N) is 1. The van der Waals surface area contributed by atoms with Crippen molar-refractivity contribution in [1.29, 1.82) is 0 Å². The molecule has 106 valence electrons. The molecule has 0 bridgehead atoms. The van der Waals surface area contributed by atoms with Crippen LogP contribution in [0.25, 0.3) is 22.4 Å².